The van der Waals surface area contributed by atoms with E-state index >= 15 is 0 Å². The molecule has 0 heterocycles. The maximum atomic E-state index is 9.96. The van der Waals surface area contributed by atoms with Crippen LogP contribution in [-0.4, -0.2) is 29.5 Å². The number of nitrogens with two attached hydrogens (primary N) is 1. The van der Waals surface area contributed by atoms with Gasteiger partial charge in [0.05, 0.1) is 5.97 Å². The molecular weight excluding hydrogens is 193 g/mol. The average molecular weight is 205 g/mol. The molecule has 62 valence electrons. The van der Waals surface area contributed by atoms with Gasteiger partial charge in [0.1, 0.15) is 0 Å². The van der Waals surface area contributed by atoms with E-state index in [0.717, 1.165) is 5.75 Å². The summed E-state index contributed by atoms with van der Waals surface area (Å²) in [6, 6.07) is -0.794. The van der Waals surface area contributed by atoms with Crippen LogP contribution in [0.15, 0.2) is 0 Å². The third kappa shape index (κ3) is 11.4. The first-order valence-electron chi connectivity index (χ1n) is 2.64. The van der Waals surface area contributed by atoms with Crippen molar-refractivity contribution >= 4 is 17.7 Å². The Kier molecular flexibility index (Phi) is 18.8. The summed E-state index contributed by atoms with van der Waals surface area (Å²) in [7, 11) is 0. The van der Waals surface area contributed by atoms with Crippen molar-refractivity contribution in [2.45, 2.75) is 12.5 Å². The Morgan fingerprint density at radius 2 is 2.18 bits per heavy atom. The van der Waals surface area contributed by atoms with Crippen LogP contribution in [0.25, 0.3) is 0 Å². The van der Waals surface area contributed by atoms with E-state index in [2.05, 4.69) is 0 Å². The predicted molar refractivity (Wildman–Crippen MR) is 39.6 cm³/mol. The summed E-state index contributed by atoms with van der Waals surface area (Å²) in [4.78, 5) is 9.96. The molecule has 0 aliphatic rings. The van der Waals surface area contributed by atoms with E-state index in [4.69, 9.17) is 5.73 Å². The number of carboxylic acid groups (broad SMARTS) is 1. The molecule has 0 aromatic heterocycles. The van der Waals surface area contributed by atoms with Crippen molar-refractivity contribution in [1.29, 1.82) is 0 Å². The molecule has 1 atom stereocenters. The van der Waals surface area contributed by atoms with Gasteiger partial charge in [-0.25, -0.2) is 0 Å². The summed E-state index contributed by atoms with van der Waals surface area (Å²) < 4.78 is 0. The van der Waals surface area contributed by atoms with Crippen molar-refractivity contribution in [3.63, 3.8) is 0 Å². The van der Waals surface area contributed by atoms with Gasteiger partial charge in [0, 0.05) is 6.04 Å². The number of hydrogen-bond donors (Lipinski definition) is 1. The Balaban J connectivity index is -0.000000320. The Hall–Kier alpha value is 1.38. The second kappa shape index (κ2) is 11.4. The number of rotatable bonds is 4. The molecule has 6 heteroatoms. The van der Waals surface area contributed by atoms with Crippen LogP contribution < -0.4 is 62.2 Å². The van der Waals surface area contributed by atoms with Gasteiger partial charge < -0.3 is 21.1 Å². The maximum Gasteiger partial charge on any atom is 1.00 e. The molecule has 0 aliphatic heterocycles. The van der Waals surface area contributed by atoms with Crippen LogP contribution in [0.4, 0.5) is 0 Å². The summed E-state index contributed by atoms with van der Waals surface area (Å²) in [5.41, 5.74) is 5.13. The van der Waals surface area contributed by atoms with Gasteiger partial charge in [-0.3, -0.25) is 0 Å². The quantitative estimate of drug-likeness (QED) is 0.465. The molecule has 0 aromatic carbocycles. The monoisotopic (exact) mass is 205 g/mol. The molecule has 0 saturated carbocycles. The van der Waals surface area contributed by atoms with E-state index in [1.165, 1.54) is 0 Å². The van der Waals surface area contributed by atoms with Gasteiger partial charge in [0.25, 0.3) is 0 Å². The average Bonchev–Trinajstić information content (AvgIpc) is 1.82. The Morgan fingerprint density at radius 1 is 1.73 bits per heavy atom. The van der Waals surface area contributed by atoms with Crippen molar-refractivity contribution in [2.75, 3.05) is 12.0 Å². The molecule has 4 N–H and O–H groups in total. The van der Waals surface area contributed by atoms with Gasteiger partial charge in [-0.05, 0) is 18.4 Å². The SMILES string of the molecule is CSCCC(N)C(=O)[O-].O.[K+]. The molecule has 11 heavy (non-hydrogen) atoms. The van der Waals surface area contributed by atoms with Crippen LogP contribution in [-0.2, 0) is 4.79 Å². The number of hydrogen-bond acceptors (Lipinski definition) is 4. The summed E-state index contributed by atoms with van der Waals surface area (Å²) in [6.07, 6.45) is 2.39. The molecule has 0 radical (unpaired) electrons. The second-order valence-electron chi connectivity index (χ2n) is 1.71. The van der Waals surface area contributed by atoms with Crippen molar-refractivity contribution < 1.29 is 66.8 Å². The van der Waals surface area contributed by atoms with E-state index in [-0.39, 0.29) is 56.9 Å². The fraction of sp³-hybridized carbons (Fsp3) is 0.800. The minimum Gasteiger partial charge on any atom is -0.548 e. The van der Waals surface area contributed by atoms with E-state index in [9.17, 15) is 9.90 Å². The summed E-state index contributed by atoms with van der Waals surface area (Å²) in [5, 5.41) is 9.96. The molecule has 0 rings (SSSR count). The zero-order chi connectivity index (χ0) is 7.28. The molecule has 0 saturated heterocycles. The molecule has 0 spiro atoms. The van der Waals surface area contributed by atoms with Gasteiger partial charge in [0.2, 0.25) is 0 Å². The number of carbonyl (C=O) groups is 1. The van der Waals surface area contributed by atoms with E-state index in [0.29, 0.717) is 6.42 Å². The number of carboxylic acids is 1. The molecule has 4 nitrogen and oxygen atoms in total. The third-order valence-corrected chi connectivity index (χ3v) is 1.58. The fourth-order valence-electron chi connectivity index (χ4n) is 0.363. The molecule has 0 bridgehead atoms. The normalized spacial score (nSPS) is 10.7. The van der Waals surface area contributed by atoms with Gasteiger partial charge in [-0.2, -0.15) is 11.8 Å². The first-order chi connectivity index (χ1) is 4.18. The van der Waals surface area contributed by atoms with E-state index < -0.39 is 12.0 Å². The van der Waals surface area contributed by atoms with Crippen LogP contribution in [0.3, 0.4) is 0 Å². The van der Waals surface area contributed by atoms with Crippen LogP contribution in [0.2, 0.25) is 0 Å². The van der Waals surface area contributed by atoms with E-state index in [1.807, 2.05) is 6.26 Å². The topological polar surface area (TPSA) is 97.7 Å². The van der Waals surface area contributed by atoms with Crippen LogP contribution in [0.1, 0.15) is 6.42 Å². The first kappa shape index (κ1) is 18.2. The Morgan fingerprint density at radius 3 is 2.45 bits per heavy atom. The fourth-order valence-corrected chi connectivity index (χ4v) is 0.852. The molecular formula is C5H12KNO3S. The van der Waals surface area contributed by atoms with Gasteiger partial charge in [-0.15, -0.1) is 0 Å². The zero-order valence-corrected chi connectivity index (χ0v) is 10.7. The smallest absolute Gasteiger partial charge is 0.548 e. The molecule has 0 amide bonds. The molecule has 0 fully saturated rings. The summed E-state index contributed by atoms with van der Waals surface area (Å²) in [6.45, 7) is 0. The van der Waals surface area contributed by atoms with Crippen molar-refractivity contribution in [3.05, 3.63) is 0 Å². The Bertz CT molecular complexity index is 104. The first-order valence-corrected chi connectivity index (χ1v) is 4.03. The largest absolute Gasteiger partial charge is 1.00 e. The minimum absolute atomic E-state index is 0. The van der Waals surface area contributed by atoms with Crippen LogP contribution in [0, 0.1) is 0 Å². The Labute approximate surface area is 113 Å². The standard InChI is InChI=1S/C5H11NO2S.K.H2O/c1-9-3-2-4(6)5(7)8;;/h4H,2-3,6H2,1H3,(H,7,8);;1H2/q;+1;/p-1. The van der Waals surface area contributed by atoms with E-state index in [1.54, 1.807) is 11.8 Å². The second-order valence-corrected chi connectivity index (χ2v) is 2.69. The minimum atomic E-state index is -1.16. The van der Waals surface area contributed by atoms with Crippen LogP contribution >= 0.6 is 11.8 Å². The third-order valence-electron chi connectivity index (χ3n) is 0.936. The summed E-state index contributed by atoms with van der Waals surface area (Å²) >= 11 is 1.58. The molecule has 0 aromatic rings. The van der Waals surface area contributed by atoms with Crippen molar-refractivity contribution in [3.8, 4) is 0 Å². The number of thioether (sulfide) groups is 1. The van der Waals surface area contributed by atoms with Gasteiger partial charge >= 0.3 is 51.4 Å². The molecule has 0 aliphatic carbocycles. The molecule has 1 unspecified atom stereocenters. The van der Waals surface area contributed by atoms with Crippen molar-refractivity contribution in [1.82, 2.24) is 0 Å². The van der Waals surface area contributed by atoms with Gasteiger partial charge in [0.15, 0.2) is 0 Å². The summed E-state index contributed by atoms with van der Waals surface area (Å²) in [5.74, 6) is -0.390. The van der Waals surface area contributed by atoms with Gasteiger partial charge in [-0.1, -0.05) is 0 Å². The number of aliphatic carboxylic acids is 1. The number of carbonyl (C=O) groups excluding carboxylic acids is 1. The predicted octanol–water partition coefficient (Wildman–Crippen LogP) is -5.00. The maximum absolute atomic E-state index is 9.96. The van der Waals surface area contributed by atoms with Crippen LogP contribution in [0.5, 0.6) is 0 Å². The zero-order valence-electron chi connectivity index (χ0n) is 6.79. The van der Waals surface area contributed by atoms with Crippen molar-refractivity contribution in [2.24, 2.45) is 5.73 Å².